The molecule has 0 fully saturated rings. The highest BCUT2D eigenvalue weighted by Gasteiger charge is 2.24. The van der Waals surface area contributed by atoms with Crippen molar-refractivity contribution in [3.05, 3.63) is 340 Å². The number of nitrogens with zero attached hydrogens (tertiary/aromatic N) is 4. The molecule has 98 heavy (non-hydrogen) atoms. The van der Waals surface area contributed by atoms with Crippen molar-refractivity contribution >= 4 is 150 Å². The molecule has 4 aromatic heterocycles. The van der Waals surface area contributed by atoms with Crippen LogP contribution in [0.2, 0.25) is 0 Å². The Kier molecular flexibility index (Phi) is 13.0. The third kappa shape index (κ3) is 9.03. The number of imidazole rings is 2. The molecule has 4 heterocycles. The second-order valence-electron chi connectivity index (χ2n) is 25.5. The van der Waals surface area contributed by atoms with Gasteiger partial charge in [-0.3, -0.25) is 9.13 Å². The third-order valence-electron chi connectivity index (χ3n) is 19.9. The van der Waals surface area contributed by atoms with Gasteiger partial charge in [0.2, 0.25) is 0 Å². The van der Waals surface area contributed by atoms with Gasteiger partial charge >= 0.3 is 0 Å². The molecule has 0 amide bonds. The minimum absolute atomic E-state index is 0.934. The van der Waals surface area contributed by atoms with Crippen molar-refractivity contribution in [1.29, 1.82) is 0 Å². The largest absolute Gasteiger partial charge is 0.292 e. The van der Waals surface area contributed by atoms with Gasteiger partial charge in [0.1, 0.15) is 11.6 Å². The van der Waals surface area contributed by atoms with Crippen molar-refractivity contribution in [3.63, 3.8) is 0 Å². The lowest BCUT2D eigenvalue weighted by atomic mass is 9.99. The molecule has 0 saturated carbocycles. The summed E-state index contributed by atoms with van der Waals surface area (Å²) >= 11 is 3.75. The SMILES string of the molecule is c1ccc(-c2cccc(-c3nc4c5ccccc5c5ccccc5c4n3-c3ccc(-c4cccc5c4sc4ccccc45)cc3)c2)cc1.c1ccc2cc3cc(-c4nc5c6ccccc6c6ccccc6c5n4-c4ccc(-c5cccc6c5sc5ccccc56)cc4)ccc3cc2c1. The van der Waals surface area contributed by atoms with Crippen LogP contribution in [0.3, 0.4) is 0 Å². The lowest BCUT2D eigenvalue weighted by Crippen LogP contribution is -1.98. The quantitative estimate of drug-likeness (QED) is 0.118. The molecule has 17 aromatic carbocycles. The number of thiophene rings is 2. The first-order valence-corrected chi connectivity index (χ1v) is 35.0. The van der Waals surface area contributed by atoms with Crippen LogP contribution in [0, 0.1) is 0 Å². The van der Waals surface area contributed by atoms with Gasteiger partial charge in [0.25, 0.3) is 0 Å². The van der Waals surface area contributed by atoms with Crippen molar-refractivity contribution in [2.75, 3.05) is 0 Å². The fourth-order valence-corrected chi connectivity index (χ4v) is 17.9. The average molecular weight is 1280 g/mol. The van der Waals surface area contributed by atoms with E-state index in [9.17, 15) is 0 Å². The highest BCUT2D eigenvalue weighted by atomic mass is 32.1. The maximum Gasteiger partial charge on any atom is 0.145 e. The standard InChI is InChI=1S/C47H28N2S.C45H28N2S/c1-2-11-31-27-34-28-33(21-20-32(34)26-30(31)10-1)47-48-44-40-15-5-3-12-37(40)38-13-4-6-16-41(38)45(44)49(47)35-24-22-29(23-25-35)36-17-9-18-42-39-14-7-8-19-43(39)50-46(36)42;1-2-12-29(13-3-1)31-14-10-15-32(28-31)45-46-42-38-19-6-4-16-35(38)36-17-5-7-20-39(36)43(42)47(45)33-26-24-30(25-27-33)34-21-11-22-40-37-18-8-9-23-41(37)48-44(34)40/h1-28H;1-28H. The Morgan fingerprint density at radius 2 is 0.571 bits per heavy atom. The van der Waals surface area contributed by atoms with Crippen molar-refractivity contribution in [3.8, 4) is 67.5 Å². The molecular weight excluding hydrogens is 1230 g/mol. The van der Waals surface area contributed by atoms with E-state index in [-0.39, 0.29) is 0 Å². The summed E-state index contributed by atoms with van der Waals surface area (Å²) in [5.41, 5.74) is 16.0. The molecule has 6 heteroatoms. The van der Waals surface area contributed by atoms with Crippen molar-refractivity contribution in [1.82, 2.24) is 19.1 Å². The average Bonchev–Trinajstić information content (AvgIpc) is 1.53. The van der Waals surface area contributed by atoms with Gasteiger partial charge in [0.05, 0.1) is 22.1 Å². The highest BCUT2D eigenvalue weighted by molar-refractivity contribution is 7.26. The molecule has 21 aromatic rings. The van der Waals surface area contributed by atoms with Crippen LogP contribution in [0.5, 0.6) is 0 Å². The number of hydrogen-bond donors (Lipinski definition) is 0. The maximum absolute atomic E-state index is 5.52. The van der Waals surface area contributed by atoms with E-state index in [1.807, 2.05) is 22.7 Å². The van der Waals surface area contributed by atoms with Crippen LogP contribution < -0.4 is 0 Å². The summed E-state index contributed by atoms with van der Waals surface area (Å²) in [4.78, 5) is 11.0. The first-order chi connectivity index (χ1) is 48.6. The first-order valence-electron chi connectivity index (χ1n) is 33.3. The van der Waals surface area contributed by atoms with Gasteiger partial charge in [-0.15, -0.1) is 22.7 Å². The molecule has 0 aliphatic heterocycles. The molecule has 0 radical (unpaired) electrons. The van der Waals surface area contributed by atoms with E-state index >= 15 is 0 Å². The smallest absolute Gasteiger partial charge is 0.145 e. The van der Waals surface area contributed by atoms with Gasteiger partial charge in [-0.1, -0.05) is 279 Å². The number of aromatic nitrogens is 4. The Bertz CT molecular complexity index is 6790. The minimum Gasteiger partial charge on any atom is -0.292 e. The summed E-state index contributed by atoms with van der Waals surface area (Å²) in [6, 6.07) is 123. The monoisotopic (exact) mass is 1280 g/mol. The summed E-state index contributed by atoms with van der Waals surface area (Å²) < 4.78 is 10.1. The van der Waals surface area contributed by atoms with E-state index in [1.54, 1.807) is 0 Å². The van der Waals surface area contributed by atoms with Crippen molar-refractivity contribution in [2.45, 2.75) is 0 Å². The van der Waals surface area contributed by atoms with Crippen LogP contribution in [0.1, 0.15) is 0 Å². The van der Waals surface area contributed by atoms with Crippen LogP contribution >= 0.6 is 22.7 Å². The fraction of sp³-hybridized carbons (Fsp3) is 0. The van der Waals surface area contributed by atoms with Crippen molar-refractivity contribution < 1.29 is 0 Å². The number of rotatable bonds is 7. The minimum atomic E-state index is 0.934. The summed E-state index contributed by atoms with van der Waals surface area (Å²) in [5.74, 6) is 1.87. The predicted molar refractivity (Wildman–Crippen MR) is 420 cm³/mol. The van der Waals surface area contributed by atoms with E-state index in [2.05, 4.69) is 349 Å². The van der Waals surface area contributed by atoms with E-state index in [0.29, 0.717) is 0 Å². The van der Waals surface area contributed by atoms with Gasteiger partial charge in [-0.05, 0) is 137 Å². The van der Waals surface area contributed by atoms with Gasteiger partial charge in [0.15, 0.2) is 0 Å². The van der Waals surface area contributed by atoms with Crippen LogP contribution in [-0.4, -0.2) is 19.1 Å². The number of fused-ring (bicyclic) bond motifs is 20. The molecule has 456 valence electrons. The third-order valence-corrected chi connectivity index (χ3v) is 22.4. The molecule has 0 saturated heterocycles. The molecule has 0 atom stereocenters. The Hall–Kier alpha value is -12.3. The van der Waals surface area contributed by atoms with Crippen LogP contribution in [0.25, 0.3) is 195 Å². The summed E-state index contributed by atoms with van der Waals surface area (Å²) in [7, 11) is 0. The normalized spacial score (nSPS) is 11.9. The Balaban J connectivity index is 0.000000133. The number of benzene rings is 17. The Labute approximate surface area is 572 Å². The van der Waals surface area contributed by atoms with Gasteiger partial charge in [0, 0.05) is 84.4 Å². The first kappa shape index (κ1) is 56.1. The second-order valence-corrected chi connectivity index (χ2v) is 27.6. The molecule has 0 N–H and O–H groups in total. The van der Waals surface area contributed by atoms with Gasteiger partial charge in [-0.2, -0.15) is 0 Å². The maximum atomic E-state index is 5.52. The molecular formula is C92H56N4S2. The Morgan fingerprint density at radius 3 is 1.08 bits per heavy atom. The highest BCUT2D eigenvalue weighted by Crippen LogP contribution is 2.46. The zero-order valence-corrected chi connectivity index (χ0v) is 54.6. The molecule has 21 rings (SSSR count). The van der Waals surface area contributed by atoms with Gasteiger partial charge in [-0.25, -0.2) is 9.97 Å². The molecule has 0 bridgehead atoms. The van der Waals surface area contributed by atoms with Crippen LogP contribution in [0.4, 0.5) is 0 Å². The van der Waals surface area contributed by atoms with E-state index in [1.165, 1.54) is 138 Å². The van der Waals surface area contributed by atoms with Gasteiger partial charge < -0.3 is 0 Å². The zero-order valence-electron chi connectivity index (χ0n) is 52.9. The second kappa shape index (κ2) is 22.7. The lowest BCUT2D eigenvalue weighted by Gasteiger charge is -2.14. The topological polar surface area (TPSA) is 35.6 Å². The van der Waals surface area contributed by atoms with Crippen molar-refractivity contribution in [2.24, 2.45) is 0 Å². The molecule has 0 unspecified atom stereocenters. The summed E-state index contributed by atoms with van der Waals surface area (Å²) in [6.07, 6.45) is 0. The van der Waals surface area contributed by atoms with E-state index < -0.39 is 0 Å². The molecule has 0 aliphatic carbocycles. The fourth-order valence-electron chi connectivity index (χ4n) is 15.4. The predicted octanol–water partition coefficient (Wildman–Crippen LogP) is 26.0. The molecule has 0 spiro atoms. The van der Waals surface area contributed by atoms with E-state index in [4.69, 9.17) is 9.97 Å². The lowest BCUT2D eigenvalue weighted by molar-refractivity contribution is 1.11. The number of hydrogen-bond acceptors (Lipinski definition) is 4. The summed E-state index contributed by atoms with van der Waals surface area (Å²) in [5, 5.41) is 19.9. The van der Waals surface area contributed by atoms with E-state index in [0.717, 1.165) is 56.2 Å². The summed E-state index contributed by atoms with van der Waals surface area (Å²) in [6.45, 7) is 0. The van der Waals surface area contributed by atoms with Crippen LogP contribution in [-0.2, 0) is 0 Å². The zero-order chi connectivity index (χ0) is 64.4. The van der Waals surface area contributed by atoms with Crippen LogP contribution in [0.15, 0.2) is 340 Å². The molecule has 0 aliphatic rings. The Morgan fingerprint density at radius 1 is 0.214 bits per heavy atom. The molecule has 4 nitrogen and oxygen atoms in total.